The summed E-state index contributed by atoms with van der Waals surface area (Å²) in [5.41, 5.74) is 2.09. The van der Waals surface area contributed by atoms with Crippen LogP contribution in [-0.2, 0) is 0 Å². The molecule has 1 saturated carbocycles. The van der Waals surface area contributed by atoms with Gasteiger partial charge in [-0.3, -0.25) is 14.9 Å². The second kappa shape index (κ2) is 8.99. The van der Waals surface area contributed by atoms with E-state index < -0.39 is 4.92 Å². The molecule has 0 saturated heterocycles. The van der Waals surface area contributed by atoms with Gasteiger partial charge in [0.25, 0.3) is 11.6 Å². The molecule has 0 bridgehead atoms. The maximum Gasteiger partial charge on any atom is 0.269 e. The Labute approximate surface area is 180 Å². The van der Waals surface area contributed by atoms with Crippen LogP contribution in [0.1, 0.15) is 42.5 Å². The lowest BCUT2D eigenvalue weighted by atomic mass is 9.95. The Kier molecular flexibility index (Phi) is 5.97. The number of non-ortho nitro benzene ring substituents is 1. The van der Waals surface area contributed by atoms with Crippen molar-refractivity contribution in [2.24, 2.45) is 0 Å². The fraction of sp³-hybridized carbons (Fsp3) is 0.304. The molecule has 160 valence electrons. The average molecular weight is 420 g/mol. The Morgan fingerprint density at radius 3 is 2.42 bits per heavy atom. The fourth-order valence-electron chi connectivity index (χ4n) is 3.93. The van der Waals surface area contributed by atoms with Gasteiger partial charge in [0.1, 0.15) is 11.3 Å². The molecule has 3 aromatic rings. The topological polar surface area (TPSA) is 102 Å². The zero-order chi connectivity index (χ0) is 21.8. The number of nitrogens with zero attached hydrogens (tertiary/aromatic N) is 3. The van der Waals surface area contributed by atoms with E-state index in [1.807, 2.05) is 37.4 Å². The normalized spacial score (nSPS) is 14.2. The maximum atomic E-state index is 13.4. The molecule has 0 radical (unpaired) electrons. The van der Waals surface area contributed by atoms with Crippen molar-refractivity contribution >= 4 is 23.2 Å². The minimum Gasteiger partial charge on any atom is -0.349 e. The van der Waals surface area contributed by atoms with Gasteiger partial charge in [-0.1, -0.05) is 42.6 Å². The van der Waals surface area contributed by atoms with Gasteiger partial charge in [0, 0.05) is 36.5 Å². The first-order chi connectivity index (χ1) is 15.0. The number of hydrogen-bond donors (Lipinski definition) is 1. The molecule has 2 aromatic carbocycles. The van der Waals surface area contributed by atoms with Crippen molar-refractivity contribution in [1.29, 1.82) is 0 Å². The lowest BCUT2D eigenvalue weighted by Crippen LogP contribution is -2.36. The van der Waals surface area contributed by atoms with Gasteiger partial charge < -0.3 is 14.7 Å². The molecule has 1 amide bonds. The summed E-state index contributed by atoms with van der Waals surface area (Å²) in [5.74, 6) is 0.0761. The van der Waals surface area contributed by atoms with Crippen molar-refractivity contribution in [2.75, 3.05) is 11.9 Å². The molecule has 0 unspecified atom stereocenters. The average Bonchev–Trinajstić information content (AvgIpc) is 3.25. The van der Waals surface area contributed by atoms with Crippen molar-refractivity contribution in [1.82, 2.24) is 10.5 Å². The summed E-state index contributed by atoms with van der Waals surface area (Å²) in [6.07, 6.45) is 5.29. The predicted octanol–water partition coefficient (Wildman–Crippen LogP) is 5.08. The highest BCUT2D eigenvalue weighted by Gasteiger charge is 2.29. The van der Waals surface area contributed by atoms with Crippen LogP contribution in [0.25, 0.3) is 11.3 Å². The molecule has 0 aliphatic heterocycles. The number of carbonyl (C=O) groups excluding carboxylic acids is 1. The molecule has 0 atom stereocenters. The zero-order valence-electron chi connectivity index (χ0n) is 17.3. The van der Waals surface area contributed by atoms with Crippen LogP contribution >= 0.6 is 0 Å². The van der Waals surface area contributed by atoms with Gasteiger partial charge >= 0.3 is 0 Å². The molecule has 1 aliphatic rings. The number of nitro benzene ring substituents is 1. The molecule has 1 aromatic heterocycles. The molecule has 8 nitrogen and oxygen atoms in total. The van der Waals surface area contributed by atoms with Gasteiger partial charge in [0.05, 0.1) is 4.92 Å². The van der Waals surface area contributed by atoms with Crippen molar-refractivity contribution in [3.63, 3.8) is 0 Å². The third-order valence-corrected chi connectivity index (χ3v) is 5.64. The van der Waals surface area contributed by atoms with E-state index in [0.717, 1.165) is 31.4 Å². The number of para-hydroxylation sites is 1. The van der Waals surface area contributed by atoms with Crippen LogP contribution in [0.5, 0.6) is 0 Å². The summed E-state index contributed by atoms with van der Waals surface area (Å²) in [5, 5.41) is 18.3. The van der Waals surface area contributed by atoms with Gasteiger partial charge in [-0.25, -0.2) is 0 Å². The largest absolute Gasteiger partial charge is 0.349 e. The van der Waals surface area contributed by atoms with Crippen molar-refractivity contribution < 1.29 is 14.2 Å². The first kappa shape index (κ1) is 20.6. The van der Waals surface area contributed by atoms with Crippen LogP contribution in [0.4, 0.5) is 17.3 Å². The Bertz CT molecular complexity index is 1060. The first-order valence-corrected chi connectivity index (χ1v) is 10.4. The summed E-state index contributed by atoms with van der Waals surface area (Å²) in [6, 6.07) is 15.6. The number of carbonyl (C=O) groups is 1. The summed E-state index contributed by atoms with van der Waals surface area (Å²) < 4.78 is 5.64. The predicted molar refractivity (Wildman–Crippen MR) is 117 cm³/mol. The molecule has 4 rings (SSSR count). The number of nitrogens with one attached hydrogen (secondary N) is 1. The lowest BCUT2D eigenvalue weighted by molar-refractivity contribution is -0.384. The van der Waals surface area contributed by atoms with E-state index in [1.54, 1.807) is 17.0 Å². The lowest BCUT2D eigenvalue weighted by Gasteiger charge is -2.23. The minimum absolute atomic E-state index is 0.0259. The number of amides is 1. The highest BCUT2D eigenvalue weighted by atomic mass is 16.6. The number of aromatic nitrogens is 1. The molecule has 1 N–H and O–H groups in total. The van der Waals surface area contributed by atoms with E-state index in [9.17, 15) is 14.9 Å². The quantitative estimate of drug-likeness (QED) is 0.441. The van der Waals surface area contributed by atoms with Gasteiger partial charge in [0.15, 0.2) is 0 Å². The molecular weight excluding hydrogens is 396 g/mol. The molecule has 0 spiro atoms. The van der Waals surface area contributed by atoms with Crippen LogP contribution < -0.4 is 10.2 Å². The van der Waals surface area contributed by atoms with Gasteiger partial charge in [-0.2, -0.15) is 0 Å². The summed E-state index contributed by atoms with van der Waals surface area (Å²) in [6.45, 7) is 0. The Balaban J connectivity index is 1.73. The number of nitro groups is 1. The number of rotatable bonds is 6. The summed E-state index contributed by atoms with van der Waals surface area (Å²) in [7, 11) is 1.81. The van der Waals surface area contributed by atoms with Crippen molar-refractivity contribution in [3.05, 3.63) is 70.3 Å². The monoisotopic (exact) mass is 420 g/mol. The number of anilines is 2. The van der Waals surface area contributed by atoms with Crippen molar-refractivity contribution in [2.45, 2.75) is 38.1 Å². The SMILES string of the molecule is CN(c1ccccc1)c1onc(-c2ccc([N+](=O)[O-])cc2)c1C(=O)NC1CCCCC1. The van der Waals surface area contributed by atoms with Gasteiger partial charge in [-0.15, -0.1) is 0 Å². The first-order valence-electron chi connectivity index (χ1n) is 10.4. The molecule has 1 fully saturated rings. The summed E-state index contributed by atoms with van der Waals surface area (Å²) >= 11 is 0. The van der Waals surface area contributed by atoms with Crippen LogP contribution in [0, 0.1) is 10.1 Å². The van der Waals surface area contributed by atoms with Gasteiger partial charge in [-0.05, 0) is 37.1 Å². The second-order valence-corrected chi connectivity index (χ2v) is 7.72. The third-order valence-electron chi connectivity index (χ3n) is 5.64. The van der Waals surface area contributed by atoms with E-state index in [-0.39, 0.29) is 17.6 Å². The molecule has 1 heterocycles. The van der Waals surface area contributed by atoms with E-state index in [1.165, 1.54) is 18.6 Å². The standard InChI is InChI=1S/C23H24N4O4/c1-26(18-10-6-3-7-11-18)23-20(22(28)24-17-8-4-2-5-9-17)21(25-31-23)16-12-14-19(15-13-16)27(29)30/h3,6-7,10-15,17H,2,4-5,8-9H2,1H3,(H,24,28). The zero-order valence-corrected chi connectivity index (χ0v) is 17.3. The molecule has 31 heavy (non-hydrogen) atoms. The van der Waals surface area contributed by atoms with E-state index in [0.29, 0.717) is 22.7 Å². The van der Waals surface area contributed by atoms with E-state index in [4.69, 9.17) is 4.52 Å². The van der Waals surface area contributed by atoms with E-state index in [2.05, 4.69) is 10.5 Å². The second-order valence-electron chi connectivity index (χ2n) is 7.72. The minimum atomic E-state index is -0.460. The summed E-state index contributed by atoms with van der Waals surface area (Å²) in [4.78, 5) is 25.7. The van der Waals surface area contributed by atoms with Crippen LogP contribution in [-0.4, -0.2) is 29.1 Å². The van der Waals surface area contributed by atoms with Gasteiger partial charge in [0.2, 0.25) is 5.88 Å². The third kappa shape index (κ3) is 4.42. The van der Waals surface area contributed by atoms with Crippen molar-refractivity contribution in [3.8, 4) is 11.3 Å². The van der Waals surface area contributed by atoms with E-state index >= 15 is 0 Å². The maximum absolute atomic E-state index is 13.4. The number of benzene rings is 2. The fourth-order valence-corrected chi connectivity index (χ4v) is 3.93. The highest BCUT2D eigenvalue weighted by Crippen LogP contribution is 2.35. The smallest absolute Gasteiger partial charge is 0.269 e. The van der Waals surface area contributed by atoms with Crippen LogP contribution in [0.2, 0.25) is 0 Å². The highest BCUT2D eigenvalue weighted by molar-refractivity contribution is 6.04. The molecule has 1 aliphatic carbocycles. The molecular formula is C23H24N4O4. The number of hydrogen-bond acceptors (Lipinski definition) is 6. The Morgan fingerprint density at radius 1 is 1.10 bits per heavy atom. The van der Waals surface area contributed by atoms with Crippen LogP contribution in [0.15, 0.2) is 59.1 Å². The Morgan fingerprint density at radius 2 is 1.77 bits per heavy atom. The van der Waals surface area contributed by atoms with Crippen LogP contribution in [0.3, 0.4) is 0 Å². The molecule has 8 heteroatoms. The Hall–Kier alpha value is -3.68.